The van der Waals surface area contributed by atoms with Crippen molar-refractivity contribution in [1.82, 2.24) is 15.0 Å². The van der Waals surface area contributed by atoms with Gasteiger partial charge in [0.25, 0.3) is 10.0 Å². The summed E-state index contributed by atoms with van der Waals surface area (Å²) in [4.78, 5) is 13.6. The summed E-state index contributed by atoms with van der Waals surface area (Å²) in [6, 6.07) is 8.39. The molecule has 38 heavy (non-hydrogen) atoms. The van der Waals surface area contributed by atoms with E-state index in [0.29, 0.717) is 12.4 Å². The van der Waals surface area contributed by atoms with Crippen LogP contribution in [0.1, 0.15) is 43.5 Å². The first-order chi connectivity index (χ1) is 17.9. The average molecular weight is 552 g/mol. The molecule has 4 rings (SSSR count). The monoisotopic (exact) mass is 551 g/mol. The quantitative estimate of drug-likeness (QED) is 0.375. The first kappa shape index (κ1) is 27.6. The van der Waals surface area contributed by atoms with E-state index in [1.54, 1.807) is 18.2 Å². The second-order valence-electron chi connectivity index (χ2n) is 9.51. The molecule has 9 nitrogen and oxygen atoms in total. The summed E-state index contributed by atoms with van der Waals surface area (Å²) in [6.07, 6.45) is 0.689. The summed E-state index contributed by atoms with van der Waals surface area (Å²) in [5, 5.41) is 3.10. The van der Waals surface area contributed by atoms with Gasteiger partial charge in [-0.05, 0) is 44.5 Å². The highest BCUT2D eigenvalue weighted by molar-refractivity contribution is 7.92. The van der Waals surface area contributed by atoms with Gasteiger partial charge in [0.05, 0.1) is 23.8 Å². The lowest BCUT2D eigenvalue weighted by atomic mass is 9.97. The van der Waals surface area contributed by atoms with Crippen molar-refractivity contribution in [3.8, 4) is 5.88 Å². The number of aromatic nitrogens is 3. The highest BCUT2D eigenvalue weighted by Gasteiger charge is 2.29. The smallest absolute Gasteiger partial charge is 0.422 e. The Bertz CT molecular complexity index is 1350. The minimum absolute atomic E-state index is 0.0149. The molecule has 3 N–H and O–H groups in total. The lowest BCUT2D eigenvalue weighted by molar-refractivity contribution is -0.945. The summed E-state index contributed by atoms with van der Waals surface area (Å²) in [5.74, 6) is 0.579. The molecule has 13 heteroatoms. The molecule has 1 aliphatic heterocycles. The van der Waals surface area contributed by atoms with E-state index in [2.05, 4.69) is 29.7 Å². The van der Waals surface area contributed by atoms with Gasteiger partial charge in [-0.2, -0.15) is 13.2 Å². The number of pyridine rings is 1. The van der Waals surface area contributed by atoms with Gasteiger partial charge in [0.1, 0.15) is 18.4 Å². The van der Waals surface area contributed by atoms with Crippen LogP contribution in [-0.4, -0.2) is 48.7 Å². The van der Waals surface area contributed by atoms with Crippen molar-refractivity contribution in [2.24, 2.45) is 0 Å². The number of ether oxygens (including phenoxy) is 1. The normalized spacial score (nSPS) is 16.6. The van der Waals surface area contributed by atoms with E-state index in [-0.39, 0.29) is 28.7 Å². The zero-order valence-electron chi connectivity index (χ0n) is 21.2. The molecular weight excluding hydrogens is 521 g/mol. The van der Waals surface area contributed by atoms with Gasteiger partial charge >= 0.3 is 6.18 Å². The maximum atomic E-state index is 13.0. The number of fused-ring (bicyclic) bond motifs is 1. The predicted octanol–water partition coefficient (Wildman–Crippen LogP) is 3.14. The second-order valence-corrected chi connectivity index (χ2v) is 11.2. The number of anilines is 2. The van der Waals surface area contributed by atoms with E-state index in [4.69, 9.17) is 0 Å². The molecule has 0 saturated carbocycles. The maximum Gasteiger partial charge on any atom is 0.422 e. The Hall–Kier alpha value is -3.45. The number of hydrogen-bond donors (Lipinski definition) is 3. The van der Waals surface area contributed by atoms with E-state index >= 15 is 0 Å². The van der Waals surface area contributed by atoms with Crippen molar-refractivity contribution in [1.29, 1.82) is 0 Å². The van der Waals surface area contributed by atoms with Gasteiger partial charge in [0.15, 0.2) is 12.4 Å². The fourth-order valence-corrected chi connectivity index (χ4v) is 5.29. The zero-order valence-corrected chi connectivity index (χ0v) is 22.0. The molecule has 0 saturated heterocycles. The van der Waals surface area contributed by atoms with Gasteiger partial charge in [0.2, 0.25) is 5.88 Å². The fourth-order valence-electron chi connectivity index (χ4n) is 4.25. The van der Waals surface area contributed by atoms with Gasteiger partial charge in [-0.3, -0.25) is 4.72 Å². The first-order valence-electron chi connectivity index (χ1n) is 12.1. The van der Waals surface area contributed by atoms with Crippen molar-refractivity contribution >= 4 is 21.7 Å². The predicted molar refractivity (Wildman–Crippen MR) is 135 cm³/mol. The third-order valence-corrected chi connectivity index (χ3v) is 7.56. The van der Waals surface area contributed by atoms with Crippen molar-refractivity contribution in [2.75, 3.05) is 23.2 Å². The van der Waals surface area contributed by atoms with Crippen LogP contribution in [0.3, 0.4) is 0 Å². The second kappa shape index (κ2) is 11.1. The molecule has 0 radical (unpaired) electrons. The number of hydrogen-bond acceptors (Lipinski definition) is 7. The van der Waals surface area contributed by atoms with Crippen molar-refractivity contribution in [2.45, 2.75) is 56.9 Å². The molecular formula is C25H30F3N6O3S+. The van der Waals surface area contributed by atoms with Crippen LogP contribution in [-0.2, 0) is 23.0 Å². The Morgan fingerprint density at radius 3 is 2.37 bits per heavy atom. The number of benzene rings is 1. The zero-order chi connectivity index (χ0) is 27.5. The molecule has 2 atom stereocenters. The van der Waals surface area contributed by atoms with Crippen LogP contribution in [0.15, 0.2) is 53.8 Å². The van der Waals surface area contributed by atoms with Crippen molar-refractivity contribution in [3.63, 3.8) is 0 Å². The number of halogens is 3. The largest absolute Gasteiger partial charge is 0.468 e. The third kappa shape index (κ3) is 7.10. The molecule has 1 aliphatic rings. The van der Waals surface area contributed by atoms with Crippen molar-refractivity contribution < 1.29 is 31.2 Å². The topological polar surface area (TPSA) is 111 Å². The van der Waals surface area contributed by atoms with Gasteiger partial charge in [-0.1, -0.05) is 6.07 Å². The number of rotatable bonds is 9. The standard InChI is InChI=1S/C25H29F3N6O3S/c1-16(2)32-22-12-30-23(13-29-22)33-38(35,36)21-6-4-18-8-9-34(14-20(18)10-21)17(3)19-5-7-24(31-11-19)37-15-25(26,27)28/h4-7,10-13,16-17H,8-9,14-15H2,1-3H3,(H,29,32)(H,30,33)/p+1. The van der Waals surface area contributed by atoms with Gasteiger partial charge in [-0.25, -0.2) is 23.4 Å². The molecule has 2 aromatic heterocycles. The molecule has 3 aromatic rings. The van der Waals surface area contributed by atoms with Crippen LogP contribution < -0.4 is 19.7 Å². The minimum atomic E-state index is -4.43. The van der Waals surface area contributed by atoms with Gasteiger partial charge < -0.3 is 15.0 Å². The molecule has 0 amide bonds. The highest BCUT2D eigenvalue weighted by atomic mass is 32.2. The maximum absolute atomic E-state index is 13.0. The Kier molecular flexibility index (Phi) is 8.07. The first-order valence-corrected chi connectivity index (χ1v) is 13.6. The minimum Gasteiger partial charge on any atom is -0.468 e. The summed E-state index contributed by atoms with van der Waals surface area (Å²) in [5.41, 5.74) is 2.85. The van der Waals surface area contributed by atoms with E-state index in [1.807, 2.05) is 26.8 Å². The molecule has 1 aromatic carbocycles. The molecule has 0 fully saturated rings. The van der Waals surface area contributed by atoms with E-state index in [1.165, 1.54) is 29.6 Å². The Morgan fingerprint density at radius 1 is 1.00 bits per heavy atom. The highest BCUT2D eigenvalue weighted by Crippen LogP contribution is 2.22. The summed E-state index contributed by atoms with van der Waals surface area (Å²) in [7, 11) is -3.88. The lowest BCUT2D eigenvalue weighted by Gasteiger charge is -2.31. The Labute approximate surface area is 219 Å². The molecule has 204 valence electrons. The molecule has 2 unspecified atom stereocenters. The van der Waals surface area contributed by atoms with Crippen LogP contribution in [0.5, 0.6) is 5.88 Å². The third-order valence-electron chi connectivity index (χ3n) is 6.20. The molecule has 0 spiro atoms. The summed E-state index contributed by atoms with van der Waals surface area (Å²) in [6.45, 7) is 5.94. The molecule has 3 heterocycles. The Balaban J connectivity index is 1.43. The number of nitrogens with one attached hydrogen (secondary N) is 3. The van der Waals surface area contributed by atoms with E-state index in [9.17, 15) is 21.6 Å². The van der Waals surface area contributed by atoms with Crippen LogP contribution in [0.2, 0.25) is 0 Å². The van der Waals surface area contributed by atoms with Crippen molar-refractivity contribution in [3.05, 3.63) is 65.6 Å². The van der Waals surface area contributed by atoms with E-state index < -0.39 is 22.8 Å². The summed E-state index contributed by atoms with van der Waals surface area (Å²) >= 11 is 0. The average Bonchev–Trinajstić information content (AvgIpc) is 2.87. The SMILES string of the molecule is CC(C)Nc1cnc(NS(=O)(=O)c2ccc3c(c2)C[NH+](C(C)c2ccc(OCC(F)(F)F)nc2)CC3)cn1. The number of quaternary nitrogens is 1. The van der Waals surface area contributed by atoms with Crippen LogP contribution in [0.4, 0.5) is 24.8 Å². The fraction of sp³-hybridized carbons (Fsp3) is 0.400. The molecule has 0 aliphatic carbocycles. The van der Waals surface area contributed by atoms with E-state index in [0.717, 1.165) is 29.7 Å². The lowest BCUT2D eigenvalue weighted by Crippen LogP contribution is -3.11. The van der Waals surface area contributed by atoms with Crippen LogP contribution in [0.25, 0.3) is 0 Å². The van der Waals surface area contributed by atoms with Crippen LogP contribution >= 0.6 is 0 Å². The molecule has 0 bridgehead atoms. The van der Waals surface area contributed by atoms with Crippen LogP contribution in [0, 0.1) is 0 Å². The number of alkyl halides is 3. The van der Waals surface area contributed by atoms with Gasteiger partial charge in [0, 0.05) is 35.9 Å². The number of nitrogens with zero attached hydrogens (tertiary/aromatic N) is 3. The van der Waals surface area contributed by atoms with Gasteiger partial charge in [-0.15, -0.1) is 0 Å². The summed E-state index contributed by atoms with van der Waals surface area (Å²) < 4.78 is 70.4. The Morgan fingerprint density at radius 2 is 1.74 bits per heavy atom. The number of sulfonamides is 1.